The van der Waals surface area contributed by atoms with Gasteiger partial charge in [-0.25, -0.2) is 9.97 Å². The molecule has 2 atom stereocenters. The zero-order valence-corrected chi connectivity index (χ0v) is 16.0. The summed E-state index contributed by atoms with van der Waals surface area (Å²) in [7, 11) is 4.30. The number of benzene rings is 1. The van der Waals surface area contributed by atoms with Crippen LogP contribution in [0.1, 0.15) is 12.8 Å². The highest BCUT2D eigenvalue weighted by molar-refractivity contribution is 7.14. The smallest absolute Gasteiger partial charge is 0.228 e. The first kappa shape index (κ1) is 17.2. The van der Waals surface area contributed by atoms with Crippen LogP contribution in [0.5, 0.6) is 5.75 Å². The number of nitrogens with zero attached hydrogens (tertiary/aromatic N) is 5. The van der Waals surface area contributed by atoms with E-state index in [0.29, 0.717) is 12.5 Å². The van der Waals surface area contributed by atoms with Crippen LogP contribution in [0, 0.1) is 5.92 Å². The average Bonchev–Trinajstić information content (AvgIpc) is 3.08. The minimum Gasteiger partial charge on any atom is -0.497 e. The lowest BCUT2D eigenvalue weighted by Crippen LogP contribution is -2.39. The molecule has 2 aromatic heterocycles. The van der Waals surface area contributed by atoms with Gasteiger partial charge >= 0.3 is 0 Å². The van der Waals surface area contributed by atoms with Crippen LogP contribution in [0.25, 0.3) is 22.4 Å². The van der Waals surface area contributed by atoms with Crippen molar-refractivity contribution in [2.75, 3.05) is 31.6 Å². The molecule has 3 heterocycles. The van der Waals surface area contributed by atoms with Gasteiger partial charge in [-0.05, 0) is 59.0 Å². The van der Waals surface area contributed by atoms with Crippen LogP contribution in [0.3, 0.4) is 0 Å². The Morgan fingerprint density at radius 1 is 1.27 bits per heavy atom. The van der Waals surface area contributed by atoms with E-state index >= 15 is 0 Å². The van der Waals surface area contributed by atoms with Gasteiger partial charge in [0.2, 0.25) is 5.95 Å². The number of hydrogen-bond acceptors (Lipinski definition) is 6. The molecule has 1 saturated heterocycles. The quantitative estimate of drug-likeness (QED) is 0.710. The third-order valence-electron chi connectivity index (χ3n) is 4.91. The fourth-order valence-corrected chi connectivity index (χ4v) is 3.68. The molecule has 1 fully saturated rings. The van der Waals surface area contributed by atoms with E-state index in [1.54, 1.807) is 13.4 Å². The Balaban J connectivity index is 1.80. The Labute approximate surface area is 154 Å². The summed E-state index contributed by atoms with van der Waals surface area (Å²) in [6, 6.07) is 7.88. The van der Waals surface area contributed by atoms with E-state index in [2.05, 4.69) is 19.3 Å². The van der Waals surface area contributed by atoms with Crippen LogP contribution in [0.4, 0.5) is 5.95 Å². The number of imidazole rings is 1. The standard InChI is InChI=1S/C18H23N6OP/c1-25-14-6-4-13(5-7-14)15-16-17(24(26)11-20-16)22-18(21-15)23-8-2-3-12(9-19)10-23/h4-7,11-12H,2-3,8-10,19,26H2,1H3. The second-order valence-corrected chi connectivity index (χ2v) is 7.17. The molecule has 7 nitrogen and oxygen atoms in total. The second kappa shape index (κ2) is 7.17. The van der Waals surface area contributed by atoms with E-state index in [1.165, 1.54) is 6.42 Å². The van der Waals surface area contributed by atoms with Gasteiger partial charge in [-0.15, -0.1) is 0 Å². The molecule has 0 radical (unpaired) electrons. The van der Waals surface area contributed by atoms with Gasteiger partial charge in [0.25, 0.3) is 0 Å². The molecule has 2 unspecified atom stereocenters. The van der Waals surface area contributed by atoms with Crippen molar-refractivity contribution >= 4 is 26.5 Å². The summed E-state index contributed by atoms with van der Waals surface area (Å²) in [4.78, 5) is 16.4. The highest BCUT2D eigenvalue weighted by Crippen LogP contribution is 2.30. The van der Waals surface area contributed by atoms with Crippen molar-refractivity contribution < 1.29 is 4.74 Å². The molecule has 1 aliphatic heterocycles. The summed E-state index contributed by atoms with van der Waals surface area (Å²) >= 11 is 0. The lowest BCUT2D eigenvalue weighted by molar-refractivity contribution is 0.415. The molecule has 4 rings (SSSR count). The summed E-state index contributed by atoms with van der Waals surface area (Å²) in [5.74, 6) is 2.05. The number of rotatable bonds is 4. The van der Waals surface area contributed by atoms with Crippen molar-refractivity contribution in [2.24, 2.45) is 11.7 Å². The van der Waals surface area contributed by atoms with Gasteiger partial charge in [0, 0.05) is 18.7 Å². The number of piperidine rings is 1. The topological polar surface area (TPSA) is 82.1 Å². The third kappa shape index (κ3) is 3.13. The molecule has 8 heteroatoms. The van der Waals surface area contributed by atoms with Crippen LogP contribution in [0.15, 0.2) is 30.6 Å². The summed E-state index contributed by atoms with van der Waals surface area (Å²) in [6.07, 6.45) is 4.03. The number of methoxy groups -OCH3 is 1. The average molecular weight is 370 g/mol. The van der Waals surface area contributed by atoms with Gasteiger partial charge in [-0.3, -0.25) is 4.34 Å². The molecular weight excluding hydrogens is 347 g/mol. The SMILES string of the molecule is COc1ccc(-c2nc(N3CCCC(CN)C3)nc3c2ncn3P)cc1. The Kier molecular flexibility index (Phi) is 4.74. The van der Waals surface area contributed by atoms with E-state index in [9.17, 15) is 0 Å². The van der Waals surface area contributed by atoms with E-state index in [-0.39, 0.29) is 0 Å². The molecule has 0 amide bonds. The Hall–Kier alpha value is -2.24. The van der Waals surface area contributed by atoms with Gasteiger partial charge in [0.05, 0.1) is 7.11 Å². The number of hydrogen-bond donors (Lipinski definition) is 1. The molecular formula is C18H23N6OP. The van der Waals surface area contributed by atoms with Gasteiger partial charge in [-0.2, -0.15) is 4.98 Å². The molecule has 0 saturated carbocycles. The number of fused-ring (bicyclic) bond motifs is 1. The normalized spacial score (nSPS) is 17.7. The minimum atomic E-state index is 0.494. The zero-order chi connectivity index (χ0) is 18.1. The van der Waals surface area contributed by atoms with Crippen LogP contribution < -0.4 is 15.4 Å². The summed E-state index contributed by atoms with van der Waals surface area (Å²) in [5.41, 5.74) is 9.32. The molecule has 3 aromatic rings. The van der Waals surface area contributed by atoms with Crippen LogP contribution >= 0.6 is 9.39 Å². The number of ether oxygens (including phenoxy) is 1. The van der Waals surface area contributed by atoms with Crippen molar-refractivity contribution in [3.63, 3.8) is 0 Å². The number of aromatic nitrogens is 4. The fraction of sp³-hybridized carbons (Fsp3) is 0.389. The predicted molar refractivity (Wildman–Crippen MR) is 106 cm³/mol. The summed E-state index contributed by atoms with van der Waals surface area (Å²) in [5, 5.41) is 0. The van der Waals surface area contributed by atoms with Crippen molar-refractivity contribution in [1.82, 2.24) is 19.3 Å². The first-order valence-electron chi connectivity index (χ1n) is 8.79. The monoisotopic (exact) mass is 370 g/mol. The van der Waals surface area contributed by atoms with E-state index < -0.39 is 0 Å². The molecule has 136 valence electrons. The first-order valence-corrected chi connectivity index (χ1v) is 9.31. The molecule has 0 spiro atoms. The van der Waals surface area contributed by atoms with Gasteiger partial charge < -0.3 is 15.4 Å². The highest BCUT2D eigenvalue weighted by atomic mass is 31.0. The van der Waals surface area contributed by atoms with E-state index in [0.717, 1.165) is 53.6 Å². The second-order valence-electron chi connectivity index (χ2n) is 6.61. The Morgan fingerprint density at radius 3 is 2.81 bits per heavy atom. The fourth-order valence-electron chi connectivity index (χ4n) is 3.44. The number of anilines is 1. The summed E-state index contributed by atoms with van der Waals surface area (Å²) < 4.78 is 7.12. The lowest BCUT2D eigenvalue weighted by atomic mass is 9.99. The van der Waals surface area contributed by atoms with E-state index in [4.69, 9.17) is 20.4 Å². The lowest BCUT2D eigenvalue weighted by Gasteiger charge is -2.32. The zero-order valence-electron chi connectivity index (χ0n) is 14.8. The molecule has 1 aliphatic rings. The summed E-state index contributed by atoms with van der Waals surface area (Å²) in [6.45, 7) is 2.55. The van der Waals surface area contributed by atoms with Crippen molar-refractivity contribution in [3.05, 3.63) is 30.6 Å². The predicted octanol–water partition coefficient (Wildman–Crippen LogP) is 2.32. The van der Waals surface area contributed by atoms with Crippen LogP contribution in [0.2, 0.25) is 0 Å². The maximum Gasteiger partial charge on any atom is 0.228 e. The first-order chi connectivity index (χ1) is 12.7. The molecule has 26 heavy (non-hydrogen) atoms. The third-order valence-corrected chi connectivity index (χ3v) is 5.29. The Bertz CT molecular complexity index is 910. The highest BCUT2D eigenvalue weighted by Gasteiger charge is 2.23. The van der Waals surface area contributed by atoms with Gasteiger partial charge in [0.1, 0.15) is 23.3 Å². The molecule has 0 bridgehead atoms. The molecule has 1 aromatic carbocycles. The molecule has 0 aliphatic carbocycles. The largest absolute Gasteiger partial charge is 0.497 e. The van der Waals surface area contributed by atoms with Crippen molar-refractivity contribution in [3.8, 4) is 17.0 Å². The Morgan fingerprint density at radius 2 is 2.08 bits per heavy atom. The van der Waals surface area contributed by atoms with Gasteiger partial charge in [0.15, 0.2) is 5.65 Å². The maximum absolute atomic E-state index is 5.89. The van der Waals surface area contributed by atoms with Crippen LogP contribution in [-0.4, -0.2) is 46.0 Å². The number of nitrogens with two attached hydrogens (primary N) is 1. The minimum absolute atomic E-state index is 0.494. The van der Waals surface area contributed by atoms with Crippen molar-refractivity contribution in [2.45, 2.75) is 12.8 Å². The maximum atomic E-state index is 5.89. The van der Waals surface area contributed by atoms with Crippen LogP contribution in [-0.2, 0) is 0 Å². The van der Waals surface area contributed by atoms with E-state index in [1.807, 2.05) is 28.6 Å². The van der Waals surface area contributed by atoms with Crippen molar-refractivity contribution in [1.29, 1.82) is 0 Å². The molecule has 2 N–H and O–H groups in total. The van der Waals surface area contributed by atoms with Gasteiger partial charge in [-0.1, -0.05) is 0 Å².